The molecule has 0 aliphatic carbocycles. The fraction of sp³-hybridized carbons (Fsp3) is 0.200. The number of anilines is 1. The van der Waals surface area contributed by atoms with E-state index in [1.54, 1.807) is 0 Å². The fourth-order valence-electron chi connectivity index (χ4n) is 2.20. The zero-order valence-corrected chi connectivity index (χ0v) is 12.5. The summed E-state index contributed by atoms with van der Waals surface area (Å²) in [7, 11) is 0. The van der Waals surface area contributed by atoms with Gasteiger partial charge in [0.15, 0.2) is 0 Å². The molecule has 0 bridgehead atoms. The van der Waals surface area contributed by atoms with Crippen LogP contribution in [-0.2, 0) is 6.42 Å². The lowest BCUT2D eigenvalue weighted by atomic mass is 10.1. The van der Waals surface area contributed by atoms with Gasteiger partial charge in [-0.15, -0.1) is 0 Å². The first-order valence-corrected chi connectivity index (χ1v) is 7.32. The van der Waals surface area contributed by atoms with Gasteiger partial charge in [0.1, 0.15) is 11.9 Å². The van der Waals surface area contributed by atoms with Gasteiger partial charge in [0.2, 0.25) is 0 Å². The van der Waals surface area contributed by atoms with Crippen LogP contribution >= 0.6 is 27.5 Å². The van der Waals surface area contributed by atoms with E-state index in [-0.39, 0.29) is 6.10 Å². The van der Waals surface area contributed by atoms with Gasteiger partial charge in [0.25, 0.3) is 0 Å². The minimum absolute atomic E-state index is 0.164. The Morgan fingerprint density at radius 3 is 2.79 bits per heavy atom. The summed E-state index contributed by atoms with van der Waals surface area (Å²) >= 11 is 9.41. The fourth-order valence-corrected chi connectivity index (χ4v) is 2.66. The van der Waals surface area contributed by atoms with Crippen LogP contribution in [0.3, 0.4) is 0 Å². The van der Waals surface area contributed by atoms with Crippen LogP contribution in [0.15, 0.2) is 46.9 Å². The summed E-state index contributed by atoms with van der Waals surface area (Å²) in [4.78, 5) is 0. The van der Waals surface area contributed by atoms with Crippen molar-refractivity contribution in [1.82, 2.24) is 0 Å². The van der Waals surface area contributed by atoms with Gasteiger partial charge >= 0.3 is 0 Å². The molecule has 0 radical (unpaired) electrons. The van der Waals surface area contributed by atoms with Crippen molar-refractivity contribution in [2.24, 2.45) is 0 Å². The third kappa shape index (κ3) is 3.04. The van der Waals surface area contributed by atoms with E-state index in [2.05, 4.69) is 21.2 Å². The van der Waals surface area contributed by atoms with E-state index in [9.17, 15) is 0 Å². The Kier molecular flexibility index (Phi) is 3.67. The summed E-state index contributed by atoms with van der Waals surface area (Å²) in [6.07, 6.45) is 1.07. The smallest absolute Gasteiger partial charge is 0.123 e. The number of ether oxygens (including phenoxy) is 1. The predicted molar refractivity (Wildman–Crippen MR) is 82.2 cm³/mol. The third-order valence-corrected chi connectivity index (χ3v) is 3.91. The van der Waals surface area contributed by atoms with E-state index >= 15 is 0 Å². The summed E-state index contributed by atoms with van der Waals surface area (Å²) in [5.74, 6) is 0.951. The highest BCUT2D eigenvalue weighted by Gasteiger charge is 2.22. The minimum atomic E-state index is 0.164. The van der Waals surface area contributed by atoms with Crippen LogP contribution in [-0.4, -0.2) is 12.6 Å². The molecule has 1 heterocycles. The van der Waals surface area contributed by atoms with Crippen LogP contribution in [0.1, 0.15) is 5.56 Å². The molecule has 98 valence electrons. The third-order valence-electron chi connectivity index (χ3n) is 3.14. The normalized spacial score (nSPS) is 16.8. The molecule has 0 aromatic heterocycles. The summed E-state index contributed by atoms with van der Waals surface area (Å²) < 4.78 is 6.96. The average Bonchev–Trinajstić information content (AvgIpc) is 2.80. The van der Waals surface area contributed by atoms with Crippen LogP contribution in [0, 0.1) is 0 Å². The van der Waals surface area contributed by atoms with Gasteiger partial charge in [-0.05, 0) is 48.0 Å². The van der Waals surface area contributed by atoms with Crippen LogP contribution < -0.4 is 10.1 Å². The first-order valence-electron chi connectivity index (χ1n) is 6.15. The zero-order chi connectivity index (χ0) is 13.2. The second-order valence-electron chi connectivity index (χ2n) is 4.58. The molecule has 1 atom stereocenters. The number of nitrogens with one attached hydrogen (secondary N) is 1. The number of hydrogen-bond acceptors (Lipinski definition) is 2. The van der Waals surface area contributed by atoms with Crippen molar-refractivity contribution in [3.05, 3.63) is 57.5 Å². The Morgan fingerprint density at radius 2 is 2.00 bits per heavy atom. The van der Waals surface area contributed by atoms with Crippen LogP contribution in [0.25, 0.3) is 0 Å². The maximum Gasteiger partial charge on any atom is 0.123 e. The summed E-state index contributed by atoms with van der Waals surface area (Å²) in [6.45, 7) is 0.786. The molecule has 1 aliphatic rings. The van der Waals surface area contributed by atoms with Gasteiger partial charge in [-0.2, -0.15) is 0 Å². The van der Waals surface area contributed by atoms with Crippen molar-refractivity contribution in [2.75, 3.05) is 11.9 Å². The molecule has 1 unspecified atom stereocenters. The van der Waals surface area contributed by atoms with Crippen molar-refractivity contribution in [1.29, 1.82) is 0 Å². The van der Waals surface area contributed by atoms with E-state index in [0.29, 0.717) is 0 Å². The van der Waals surface area contributed by atoms with E-state index in [0.717, 1.165) is 33.9 Å². The highest BCUT2D eigenvalue weighted by molar-refractivity contribution is 9.10. The SMILES string of the molecule is Clc1ccc2c(c1)CC(CNc1ccc(Br)cc1)O2. The summed E-state index contributed by atoms with van der Waals surface area (Å²) in [6, 6.07) is 13.9. The summed E-state index contributed by atoms with van der Waals surface area (Å²) in [5, 5.41) is 4.15. The Balaban J connectivity index is 1.60. The molecule has 2 aromatic rings. The lowest BCUT2D eigenvalue weighted by molar-refractivity contribution is 0.246. The largest absolute Gasteiger partial charge is 0.488 e. The van der Waals surface area contributed by atoms with Crippen LogP contribution in [0.2, 0.25) is 5.02 Å². The van der Waals surface area contributed by atoms with E-state index in [1.165, 1.54) is 5.56 Å². The zero-order valence-electron chi connectivity index (χ0n) is 10.2. The second-order valence-corrected chi connectivity index (χ2v) is 5.94. The van der Waals surface area contributed by atoms with Gasteiger partial charge in [-0.25, -0.2) is 0 Å². The molecule has 0 fully saturated rings. The molecule has 3 rings (SSSR count). The second kappa shape index (κ2) is 5.43. The number of hydrogen-bond donors (Lipinski definition) is 1. The quantitative estimate of drug-likeness (QED) is 0.888. The number of halogens is 2. The highest BCUT2D eigenvalue weighted by Crippen LogP contribution is 2.31. The standard InChI is InChI=1S/C15H13BrClNO/c16-11-1-4-13(5-2-11)18-9-14-8-10-7-12(17)3-6-15(10)19-14/h1-7,14,18H,8-9H2. The highest BCUT2D eigenvalue weighted by atomic mass is 79.9. The van der Waals surface area contributed by atoms with Crippen LogP contribution in [0.4, 0.5) is 5.69 Å². The maximum absolute atomic E-state index is 5.98. The molecule has 0 spiro atoms. The molecule has 0 saturated heterocycles. The minimum Gasteiger partial charge on any atom is -0.488 e. The molecule has 0 amide bonds. The van der Waals surface area contributed by atoms with Gasteiger partial charge < -0.3 is 10.1 Å². The molecule has 1 N–H and O–H groups in total. The van der Waals surface area contributed by atoms with Gasteiger partial charge in [0, 0.05) is 21.6 Å². The maximum atomic E-state index is 5.98. The molecular formula is C15H13BrClNO. The Labute approximate surface area is 125 Å². The van der Waals surface area contributed by atoms with Crippen molar-refractivity contribution in [2.45, 2.75) is 12.5 Å². The Morgan fingerprint density at radius 1 is 1.21 bits per heavy atom. The molecule has 2 aromatic carbocycles. The Hall–Kier alpha value is -1.19. The molecule has 2 nitrogen and oxygen atoms in total. The van der Waals surface area contributed by atoms with Crippen molar-refractivity contribution >= 4 is 33.2 Å². The van der Waals surface area contributed by atoms with Crippen molar-refractivity contribution in [3.8, 4) is 5.75 Å². The predicted octanol–water partition coefficient (Wildman–Crippen LogP) is 4.52. The average molecular weight is 339 g/mol. The van der Waals surface area contributed by atoms with E-state index in [1.807, 2.05) is 42.5 Å². The lowest BCUT2D eigenvalue weighted by Gasteiger charge is -2.12. The van der Waals surface area contributed by atoms with Gasteiger partial charge in [0.05, 0.1) is 6.54 Å². The topological polar surface area (TPSA) is 21.3 Å². The van der Waals surface area contributed by atoms with Gasteiger partial charge in [-0.3, -0.25) is 0 Å². The molecule has 4 heteroatoms. The molecule has 0 saturated carbocycles. The Bertz CT molecular complexity index is 585. The first-order chi connectivity index (χ1) is 9.20. The molecular weight excluding hydrogens is 326 g/mol. The number of benzene rings is 2. The monoisotopic (exact) mass is 337 g/mol. The summed E-state index contributed by atoms with van der Waals surface area (Å²) in [5.41, 5.74) is 2.29. The van der Waals surface area contributed by atoms with Crippen molar-refractivity contribution < 1.29 is 4.74 Å². The first kappa shape index (κ1) is 12.8. The molecule has 19 heavy (non-hydrogen) atoms. The number of fused-ring (bicyclic) bond motifs is 1. The van der Waals surface area contributed by atoms with Crippen molar-refractivity contribution in [3.63, 3.8) is 0 Å². The van der Waals surface area contributed by atoms with Crippen LogP contribution in [0.5, 0.6) is 5.75 Å². The van der Waals surface area contributed by atoms with Gasteiger partial charge in [-0.1, -0.05) is 27.5 Å². The number of rotatable bonds is 3. The molecule has 1 aliphatic heterocycles. The van der Waals surface area contributed by atoms with E-state index in [4.69, 9.17) is 16.3 Å². The van der Waals surface area contributed by atoms with E-state index < -0.39 is 0 Å². The lowest BCUT2D eigenvalue weighted by Crippen LogP contribution is -2.23.